The number of amides is 2. The van der Waals surface area contributed by atoms with Crippen molar-refractivity contribution < 1.29 is 19.1 Å². The highest BCUT2D eigenvalue weighted by Crippen LogP contribution is 2.43. The van der Waals surface area contributed by atoms with Gasteiger partial charge in [0, 0.05) is 17.0 Å². The molecule has 3 rings (SSSR count). The summed E-state index contributed by atoms with van der Waals surface area (Å²) in [6.45, 7) is 0.315. The Kier molecular flexibility index (Phi) is 2.06. The van der Waals surface area contributed by atoms with E-state index in [4.69, 9.17) is 21.1 Å². The van der Waals surface area contributed by atoms with Crippen molar-refractivity contribution in [3.63, 3.8) is 0 Å². The molecule has 2 heterocycles. The molecule has 0 aliphatic carbocycles. The van der Waals surface area contributed by atoms with Gasteiger partial charge < -0.3 is 9.47 Å². The Morgan fingerprint density at radius 1 is 1.35 bits per heavy atom. The maximum Gasteiger partial charge on any atom is 0.415 e. The van der Waals surface area contributed by atoms with E-state index in [9.17, 15) is 9.59 Å². The highest BCUT2D eigenvalue weighted by molar-refractivity contribution is 6.30. The van der Waals surface area contributed by atoms with Gasteiger partial charge in [-0.3, -0.25) is 10.1 Å². The molecule has 1 N–H and O–H groups in total. The lowest BCUT2D eigenvalue weighted by molar-refractivity contribution is -0.134. The van der Waals surface area contributed by atoms with Gasteiger partial charge in [0.1, 0.15) is 5.75 Å². The Morgan fingerprint density at radius 3 is 2.88 bits per heavy atom. The third kappa shape index (κ3) is 1.39. The number of carbonyl (C=O) groups excluding carboxylic acids is 2. The van der Waals surface area contributed by atoms with Gasteiger partial charge >= 0.3 is 6.09 Å². The zero-order valence-corrected chi connectivity index (χ0v) is 9.41. The number of imide groups is 1. The molecule has 0 radical (unpaired) electrons. The van der Waals surface area contributed by atoms with Gasteiger partial charge in [-0.2, -0.15) is 0 Å². The highest BCUT2D eigenvalue weighted by Gasteiger charge is 2.53. The maximum absolute atomic E-state index is 11.9. The van der Waals surface area contributed by atoms with E-state index >= 15 is 0 Å². The lowest BCUT2D eigenvalue weighted by Gasteiger charge is -2.31. The number of nitrogens with one attached hydrogen (secondary N) is 1. The van der Waals surface area contributed by atoms with E-state index in [0.29, 0.717) is 22.9 Å². The summed E-state index contributed by atoms with van der Waals surface area (Å²) in [6, 6.07) is 4.92. The third-order valence-corrected chi connectivity index (χ3v) is 3.17. The SMILES string of the molecule is O=C1NC(=O)[C@@]2(CCOc3ccc(Cl)cc32)O1. The van der Waals surface area contributed by atoms with Crippen LogP contribution in [0.1, 0.15) is 12.0 Å². The highest BCUT2D eigenvalue weighted by atomic mass is 35.5. The molecule has 0 bridgehead atoms. The second kappa shape index (κ2) is 3.37. The van der Waals surface area contributed by atoms with Crippen LogP contribution in [0.5, 0.6) is 5.75 Å². The van der Waals surface area contributed by atoms with E-state index < -0.39 is 17.6 Å². The molecule has 1 saturated heterocycles. The normalized spacial score (nSPS) is 26.2. The van der Waals surface area contributed by atoms with Gasteiger partial charge in [-0.05, 0) is 18.2 Å². The Morgan fingerprint density at radius 2 is 2.18 bits per heavy atom. The van der Waals surface area contributed by atoms with Crippen molar-refractivity contribution in [3.05, 3.63) is 28.8 Å². The summed E-state index contributed by atoms with van der Waals surface area (Å²) in [7, 11) is 0. The number of carbonyl (C=O) groups is 2. The average molecular weight is 254 g/mol. The molecule has 1 atom stereocenters. The molecule has 0 aromatic heterocycles. The van der Waals surface area contributed by atoms with Crippen LogP contribution in [0.15, 0.2) is 18.2 Å². The molecule has 88 valence electrons. The van der Waals surface area contributed by atoms with E-state index in [1.54, 1.807) is 18.2 Å². The van der Waals surface area contributed by atoms with E-state index in [-0.39, 0.29) is 6.42 Å². The molecule has 17 heavy (non-hydrogen) atoms. The largest absolute Gasteiger partial charge is 0.493 e. The number of halogens is 1. The topological polar surface area (TPSA) is 64.6 Å². The molecule has 0 unspecified atom stereocenters. The van der Waals surface area contributed by atoms with E-state index in [2.05, 4.69) is 5.32 Å². The van der Waals surface area contributed by atoms with E-state index in [1.807, 2.05) is 0 Å². The van der Waals surface area contributed by atoms with Crippen molar-refractivity contribution in [1.82, 2.24) is 5.32 Å². The second-order valence-corrected chi connectivity index (χ2v) is 4.35. The summed E-state index contributed by atoms with van der Waals surface area (Å²) in [4.78, 5) is 23.1. The van der Waals surface area contributed by atoms with Crippen molar-refractivity contribution in [2.75, 3.05) is 6.61 Å². The zero-order valence-electron chi connectivity index (χ0n) is 8.66. The molecular weight excluding hydrogens is 246 g/mol. The van der Waals surface area contributed by atoms with Gasteiger partial charge in [0.25, 0.3) is 5.91 Å². The van der Waals surface area contributed by atoms with Gasteiger partial charge in [-0.25, -0.2) is 4.79 Å². The van der Waals surface area contributed by atoms with Crippen molar-refractivity contribution in [2.45, 2.75) is 12.0 Å². The van der Waals surface area contributed by atoms with E-state index in [0.717, 1.165) is 0 Å². The van der Waals surface area contributed by atoms with E-state index in [1.165, 1.54) is 0 Å². The molecule has 2 aliphatic rings. The van der Waals surface area contributed by atoms with Crippen molar-refractivity contribution >= 4 is 23.6 Å². The van der Waals surface area contributed by atoms with Crippen LogP contribution < -0.4 is 10.1 Å². The second-order valence-electron chi connectivity index (χ2n) is 3.91. The van der Waals surface area contributed by atoms with Crippen LogP contribution in [0.3, 0.4) is 0 Å². The summed E-state index contributed by atoms with van der Waals surface area (Å²) in [6.07, 6.45) is -0.444. The Balaban J connectivity index is 2.19. The predicted octanol–water partition coefficient (Wildman–Crippen LogP) is 1.58. The number of hydrogen-bond acceptors (Lipinski definition) is 4. The lowest BCUT2D eigenvalue weighted by atomic mass is 9.87. The fourth-order valence-corrected chi connectivity index (χ4v) is 2.32. The van der Waals surface area contributed by atoms with Gasteiger partial charge in [0.05, 0.1) is 6.61 Å². The smallest absolute Gasteiger partial charge is 0.415 e. The minimum Gasteiger partial charge on any atom is -0.493 e. The fraction of sp³-hybridized carbons (Fsp3) is 0.273. The van der Waals surface area contributed by atoms with Crippen LogP contribution in [0.2, 0.25) is 5.02 Å². The quantitative estimate of drug-likeness (QED) is 0.762. The first-order valence-electron chi connectivity index (χ1n) is 5.09. The Hall–Kier alpha value is -1.75. The molecule has 5 nitrogen and oxygen atoms in total. The number of hydrogen-bond donors (Lipinski definition) is 1. The summed E-state index contributed by atoms with van der Waals surface area (Å²) in [5, 5.41) is 2.60. The minimum absolute atomic E-state index is 0.290. The first kappa shape index (κ1) is 10.4. The summed E-state index contributed by atoms with van der Waals surface area (Å²) in [5.74, 6) is 0.0554. The number of alkyl carbamates (subject to hydrolysis) is 1. The molecule has 1 spiro atoms. The van der Waals surface area contributed by atoms with Crippen LogP contribution in [0.25, 0.3) is 0 Å². The summed E-state index contributed by atoms with van der Waals surface area (Å²) < 4.78 is 10.6. The number of rotatable bonds is 0. The molecule has 1 aromatic rings. The predicted molar refractivity (Wildman–Crippen MR) is 57.9 cm³/mol. The zero-order chi connectivity index (χ0) is 12.0. The number of ether oxygens (including phenoxy) is 2. The minimum atomic E-state index is -1.28. The van der Waals surface area contributed by atoms with Crippen LogP contribution in [-0.4, -0.2) is 18.6 Å². The molecule has 6 heteroatoms. The molecule has 2 amide bonds. The van der Waals surface area contributed by atoms with Crippen LogP contribution in [-0.2, 0) is 15.1 Å². The molecule has 0 saturated carbocycles. The molecule has 2 aliphatic heterocycles. The standard InChI is InChI=1S/C11H8ClNO4/c12-6-1-2-8-7(5-6)11(3-4-16-8)9(14)13-10(15)17-11/h1-2,5H,3-4H2,(H,13,14,15)/t11-/m0/s1. The van der Waals surface area contributed by atoms with Gasteiger partial charge in [0.15, 0.2) is 0 Å². The lowest BCUT2D eigenvalue weighted by Crippen LogP contribution is -2.40. The van der Waals surface area contributed by atoms with Crippen molar-refractivity contribution in [2.24, 2.45) is 0 Å². The van der Waals surface area contributed by atoms with Crippen LogP contribution in [0, 0.1) is 0 Å². The summed E-state index contributed by atoms with van der Waals surface area (Å²) >= 11 is 5.89. The number of benzene rings is 1. The fourth-order valence-electron chi connectivity index (χ4n) is 2.15. The van der Waals surface area contributed by atoms with Gasteiger partial charge in [-0.1, -0.05) is 11.6 Å². The molecular formula is C11H8ClNO4. The van der Waals surface area contributed by atoms with Gasteiger partial charge in [-0.15, -0.1) is 0 Å². The monoisotopic (exact) mass is 253 g/mol. The molecule has 1 aromatic carbocycles. The van der Waals surface area contributed by atoms with Crippen molar-refractivity contribution in [3.8, 4) is 5.75 Å². The van der Waals surface area contributed by atoms with Crippen LogP contribution >= 0.6 is 11.6 Å². The number of fused-ring (bicyclic) bond motifs is 2. The first-order chi connectivity index (χ1) is 8.12. The van der Waals surface area contributed by atoms with Gasteiger partial charge in [0.2, 0.25) is 5.60 Å². The Labute approximate surface area is 102 Å². The first-order valence-corrected chi connectivity index (χ1v) is 5.47. The summed E-state index contributed by atoms with van der Waals surface area (Å²) in [5.41, 5.74) is -0.783. The van der Waals surface area contributed by atoms with Crippen LogP contribution in [0.4, 0.5) is 4.79 Å². The Bertz CT molecular complexity index is 530. The third-order valence-electron chi connectivity index (χ3n) is 2.94. The average Bonchev–Trinajstić information content (AvgIpc) is 2.56. The molecule has 1 fully saturated rings. The van der Waals surface area contributed by atoms with Crippen molar-refractivity contribution in [1.29, 1.82) is 0 Å². The maximum atomic E-state index is 11.9.